The molecule has 0 aliphatic carbocycles. The SMILES string of the molecule is Cc1cc(N2C[C@]34C=C[C@@H](O3)C(C(=O)NC(C)CCc3ccccc3)C4C2=O)no1. The Kier molecular flexibility index (Phi) is 4.50. The average molecular weight is 407 g/mol. The van der Waals surface area contributed by atoms with Gasteiger partial charge in [-0.3, -0.25) is 14.5 Å². The van der Waals surface area contributed by atoms with Gasteiger partial charge in [-0.2, -0.15) is 0 Å². The van der Waals surface area contributed by atoms with Crippen LogP contribution < -0.4 is 10.2 Å². The number of carbonyl (C=O) groups is 2. The molecule has 0 radical (unpaired) electrons. The van der Waals surface area contributed by atoms with Gasteiger partial charge in [0, 0.05) is 12.1 Å². The van der Waals surface area contributed by atoms with Crippen molar-refractivity contribution >= 4 is 17.6 Å². The summed E-state index contributed by atoms with van der Waals surface area (Å²) in [5, 5.41) is 7.08. The molecule has 2 aromatic rings. The van der Waals surface area contributed by atoms with Crippen LogP contribution in [0.15, 0.2) is 53.1 Å². The number of ether oxygens (including phenoxy) is 1. The molecule has 0 saturated carbocycles. The van der Waals surface area contributed by atoms with Crippen LogP contribution in [-0.4, -0.2) is 41.3 Å². The monoisotopic (exact) mass is 407 g/mol. The van der Waals surface area contributed by atoms with Crippen molar-refractivity contribution in [2.24, 2.45) is 11.8 Å². The van der Waals surface area contributed by atoms with E-state index in [1.54, 1.807) is 17.9 Å². The molecule has 7 heteroatoms. The standard InChI is InChI=1S/C23H25N3O4/c1-14(8-9-16-6-4-3-5-7-16)24-21(27)19-17-10-11-23(29-17)13-26(22(28)20(19)23)18-12-15(2)30-25-18/h3-7,10-12,14,17,19-20H,8-9,13H2,1-2H3,(H,24,27)/t14?,17-,19?,20?,23+/m1/s1. The van der Waals surface area contributed by atoms with Gasteiger partial charge in [0.05, 0.1) is 24.5 Å². The predicted octanol–water partition coefficient (Wildman–Crippen LogP) is 2.41. The Morgan fingerprint density at radius 3 is 2.90 bits per heavy atom. The van der Waals surface area contributed by atoms with E-state index in [9.17, 15) is 9.59 Å². The van der Waals surface area contributed by atoms with Crippen molar-refractivity contribution in [3.63, 3.8) is 0 Å². The number of carbonyl (C=O) groups excluding carboxylic acids is 2. The number of benzene rings is 1. The van der Waals surface area contributed by atoms with Crippen LogP contribution in [0.1, 0.15) is 24.7 Å². The lowest BCUT2D eigenvalue weighted by atomic mass is 9.76. The molecular formula is C23H25N3O4. The maximum absolute atomic E-state index is 13.2. The van der Waals surface area contributed by atoms with E-state index in [0.29, 0.717) is 18.1 Å². The highest BCUT2D eigenvalue weighted by molar-refractivity contribution is 6.02. The largest absolute Gasteiger partial charge is 0.360 e. The third-order valence-corrected chi connectivity index (χ3v) is 6.39. The van der Waals surface area contributed by atoms with Crippen LogP contribution in [0.25, 0.3) is 0 Å². The lowest BCUT2D eigenvalue weighted by molar-refractivity contribution is -0.132. The minimum absolute atomic E-state index is 0.00237. The van der Waals surface area contributed by atoms with E-state index < -0.39 is 17.4 Å². The Bertz CT molecular complexity index is 1000. The fourth-order valence-electron chi connectivity index (χ4n) is 4.91. The minimum Gasteiger partial charge on any atom is -0.360 e. The molecule has 5 atom stereocenters. The summed E-state index contributed by atoms with van der Waals surface area (Å²) in [6.07, 6.45) is 5.22. The maximum Gasteiger partial charge on any atom is 0.235 e. The number of anilines is 1. The quantitative estimate of drug-likeness (QED) is 0.744. The lowest BCUT2D eigenvalue weighted by Gasteiger charge is -2.25. The van der Waals surface area contributed by atoms with Gasteiger partial charge in [0.25, 0.3) is 0 Å². The van der Waals surface area contributed by atoms with E-state index >= 15 is 0 Å². The molecule has 4 heterocycles. The molecule has 2 amide bonds. The van der Waals surface area contributed by atoms with Gasteiger partial charge in [-0.15, -0.1) is 0 Å². The molecule has 3 unspecified atom stereocenters. The molecule has 3 aliphatic rings. The molecular weight excluding hydrogens is 382 g/mol. The van der Waals surface area contributed by atoms with Crippen LogP contribution >= 0.6 is 0 Å². The fourth-order valence-corrected chi connectivity index (χ4v) is 4.91. The number of nitrogens with one attached hydrogen (secondary N) is 1. The predicted molar refractivity (Wildman–Crippen MR) is 110 cm³/mol. The minimum atomic E-state index is -0.760. The lowest BCUT2D eigenvalue weighted by Crippen LogP contribution is -2.46. The van der Waals surface area contributed by atoms with Gasteiger partial charge < -0.3 is 14.6 Å². The number of hydrogen-bond donors (Lipinski definition) is 1. The van der Waals surface area contributed by atoms with Gasteiger partial charge in [0.1, 0.15) is 11.4 Å². The van der Waals surface area contributed by atoms with Crippen molar-refractivity contribution in [3.8, 4) is 0 Å². The Labute approximate surface area is 175 Å². The van der Waals surface area contributed by atoms with E-state index in [4.69, 9.17) is 9.26 Å². The van der Waals surface area contributed by atoms with Crippen LogP contribution in [0.3, 0.4) is 0 Å². The summed E-state index contributed by atoms with van der Waals surface area (Å²) < 4.78 is 11.3. The summed E-state index contributed by atoms with van der Waals surface area (Å²) in [4.78, 5) is 28.0. The molecule has 2 fully saturated rings. The number of aromatic nitrogens is 1. The van der Waals surface area contributed by atoms with Gasteiger partial charge in [-0.05, 0) is 32.3 Å². The number of amides is 2. The van der Waals surface area contributed by atoms with Crippen molar-refractivity contribution in [2.45, 2.75) is 44.4 Å². The first-order valence-electron chi connectivity index (χ1n) is 10.4. The van der Waals surface area contributed by atoms with Crippen molar-refractivity contribution < 1.29 is 18.8 Å². The van der Waals surface area contributed by atoms with Crippen LogP contribution in [0.4, 0.5) is 5.82 Å². The number of hydrogen-bond acceptors (Lipinski definition) is 5. The molecule has 30 heavy (non-hydrogen) atoms. The van der Waals surface area contributed by atoms with Crippen molar-refractivity contribution in [1.29, 1.82) is 0 Å². The fraction of sp³-hybridized carbons (Fsp3) is 0.435. The smallest absolute Gasteiger partial charge is 0.235 e. The first-order valence-corrected chi connectivity index (χ1v) is 10.4. The summed E-state index contributed by atoms with van der Waals surface area (Å²) in [6.45, 7) is 4.13. The zero-order chi connectivity index (χ0) is 20.9. The third kappa shape index (κ3) is 3.04. The molecule has 1 aromatic carbocycles. The molecule has 1 aromatic heterocycles. The number of fused-ring (bicyclic) bond motifs is 1. The Morgan fingerprint density at radius 1 is 1.37 bits per heavy atom. The Hall–Kier alpha value is -2.93. The van der Waals surface area contributed by atoms with Gasteiger partial charge in [0.2, 0.25) is 11.8 Å². The first kappa shape index (κ1) is 19.1. The van der Waals surface area contributed by atoms with E-state index in [1.807, 2.05) is 37.3 Å². The second-order valence-electron chi connectivity index (χ2n) is 8.55. The second-order valence-corrected chi connectivity index (χ2v) is 8.55. The molecule has 156 valence electrons. The van der Waals surface area contributed by atoms with Gasteiger partial charge >= 0.3 is 0 Å². The highest BCUT2D eigenvalue weighted by Gasteiger charge is 2.67. The van der Waals surface area contributed by atoms with E-state index in [2.05, 4.69) is 22.6 Å². The zero-order valence-corrected chi connectivity index (χ0v) is 17.1. The summed E-state index contributed by atoms with van der Waals surface area (Å²) in [7, 11) is 0. The number of rotatable bonds is 6. The van der Waals surface area contributed by atoms with Crippen molar-refractivity contribution in [3.05, 3.63) is 59.9 Å². The summed E-state index contributed by atoms with van der Waals surface area (Å²) in [5.41, 5.74) is 0.484. The maximum atomic E-state index is 13.2. The highest BCUT2D eigenvalue weighted by atomic mass is 16.5. The Morgan fingerprint density at radius 2 is 2.17 bits per heavy atom. The van der Waals surface area contributed by atoms with Gasteiger partial charge in [-0.25, -0.2) is 0 Å². The van der Waals surface area contributed by atoms with Gasteiger partial charge in [0.15, 0.2) is 5.82 Å². The summed E-state index contributed by atoms with van der Waals surface area (Å²) in [5.74, 6) is -0.215. The van der Waals surface area contributed by atoms with E-state index in [1.165, 1.54) is 5.56 Å². The van der Waals surface area contributed by atoms with Gasteiger partial charge in [-0.1, -0.05) is 47.6 Å². The van der Waals surface area contributed by atoms with Crippen molar-refractivity contribution in [2.75, 3.05) is 11.4 Å². The average Bonchev–Trinajstić information content (AvgIpc) is 3.48. The summed E-state index contributed by atoms with van der Waals surface area (Å²) in [6, 6.07) is 11.9. The summed E-state index contributed by atoms with van der Waals surface area (Å²) >= 11 is 0. The van der Waals surface area contributed by atoms with Crippen LogP contribution in [0.2, 0.25) is 0 Å². The van der Waals surface area contributed by atoms with Crippen molar-refractivity contribution in [1.82, 2.24) is 10.5 Å². The first-order chi connectivity index (χ1) is 14.5. The molecule has 2 saturated heterocycles. The molecule has 7 nitrogen and oxygen atoms in total. The third-order valence-electron chi connectivity index (χ3n) is 6.39. The van der Waals surface area contributed by atoms with E-state index in [0.717, 1.165) is 12.8 Å². The normalized spacial score (nSPS) is 30.0. The molecule has 5 rings (SSSR count). The van der Waals surface area contributed by atoms with Crippen LogP contribution in [0.5, 0.6) is 0 Å². The molecule has 1 spiro atoms. The highest BCUT2D eigenvalue weighted by Crippen LogP contribution is 2.52. The molecule has 1 N–H and O–H groups in total. The molecule has 3 aliphatic heterocycles. The topological polar surface area (TPSA) is 84.7 Å². The second kappa shape index (κ2) is 7.09. The van der Waals surface area contributed by atoms with Crippen LogP contribution in [0, 0.1) is 18.8 Å². The van der Waals surface area contributed by atoms with E-state index in [-0.39, 0.29) is 24.0 Å². The number of nitrogens with zero attached hydrogens (tertiary/aromatic N) is 2. The number of aryl methyl sites for hydroxylation is 2. The van der Waals surface area contributed by atoms with Crippen LogP contribution in [-0.2, 0) is 20.7 Å². The Balaban J connectivity index is 1.28. The zero-order valence-electron chi connectivity index (χ0n) is 17.1. The molecule has 2 bridgehead atoms.